The van der Waals surface area contributed by atoms with Crippen LogP contribution in [0, 0.1) is 10.1 Å². The molecule has 0 radical (unpaired) electrons. The SMILES string of the molecule is COC(=O)/C=C/c1ccc(N2CCCO[C@@H]3CCC[C@@H]32)c([N+](=O)[O-])c1. The number of esters is 1. The molecular weight excluding hydrogens is 324 g/mol. The Kier molecular flexibility index (Phi) is 5.33. The average molecular weight is 346 g/mol. The Balaban J connectivity index is 1.93. The molecular formula is C18H22N2O5. The fourth-order valence-electron chi connectivity index (χ4n) is 3.66. The number of fused-ring (bicyclic) bond motifs is 1. The summed E-state index contributed by atoms with van der Waals surface area (Å²) in [5.74, 6) is -0.495. The van der Waals surface area contributed by atoms with Crippen molar-refractivity contribution in [1.29, 1.82) is 0 Å². The Morgan fingerprint density at radius 1 is 1.40 bits per heavy atom. The summed E-state index contributed by atoms with van der Waals surface area (Å²) in [5.41, 5.74) is 1.28. The van der Waals surface area contributed by atoms with Crippen molar-refractivity contribution in [1.82, 2.24) is 0 Å². The van der Waals surface area contributed by atoms with E-state index >= 15 is 0 Å². The summed E-state index contributed by atoms with van der Waals surface area (Å²) >= 11 is 0. The quantitative estimate of drug-likeness (QED) is 0.361. The predicted octanol–water partition coefficient (Wildman–Crippen LogP) is 2.93. The standard InChI is InChI=1S/C18H22N2O5/c1-24-18(21)9-7-13-6-8-14(16(12-13)20(22)23)19-10-3-11-25-17-5-2-4-15(17)19/h6-9,12,15,17H,2-5,10-11H2,1H3/b9-7+/t15-,17+/m0/s1. The van der Waals surface area contributed by atoms with E-state index in [0.717, 1.165) is 32.2 Å². The van der Waals surface area contributed by atoms with Crippen LogP contribution in [0.25, 0.3) is 6.08 Å². The third kappa shape index (κ3) is 3.82. The number of hydrogen-bond donors (Lipinski definition) is 0. The van der Waals surface area contributed by atoms with Crippen LogP contribution >= 0.6 is 0 Å². The monoisotopic (exact) mass is 346 g/mol. The molecule has 0 bridgehead atoms. The van der Waals surface area contributed by atoms with Crippen molar-refractivity contribution in [3.05, 3.63) is 40.0 Å². The number of carbonyl (C=O) groups is 1. The molecule has 1 aromatic carbocycles. The van der Waals surface area contributed by atoms with Crippen LogP contribution in [0.5, 0.6) is 0 Å². The molecule has 1 heterocycles. The molecule has 134 valence electrons. The largest absolute Gasteiger partial charge is 0.466 e. The molecule has 1 saturated heterocycles. The van der Waals surface area contributed by atoms with Crippen LogP contribution in [0.15, 0.2) is 24.3 Å². The molecule has 2 atom stereocenters. The van der Waals surface area contributed by atoms with E-state index in [1.54, 1.807) is 12.1 Å². The molecule has 2 aliphatic rings. The van der Waals surface area contributed by atoms with Crippen molar-refractivity contribution in [3.8, 4) is 0 Å². The molecule has 0 N–H and O–H groups in total. The van der Waals surface area contributed by atoms with Gasteiger partial charge in [0, 0.05) is 25.3 Å². The minimum Gasteiger partial charge on any atom is -0.466 e. The van der Waals surface area contributed by atoms with Crippen LogP contribution in [0.3, 0.4) is 0 Å². The Labute approximate surface area is 146 Å². The van der Waals surface area contributed by atoms with Gasteiger partial charge in [-0.15, -0.1) is 0 Å². The zero-order chi connectivity index (χ0) is 17.8. The molecule has 1 saturated carbocycles. The van der Waals surface area contributed by atoms with Gasteiger partial charge in [0.1, 0.15) is 5.69 Å². The van der Waals surface area contributed by atoms with Gasteiger partial charge in [-0.05, 0) is 43.4 Å². The molecule has 7 nitrogen and oxygen atoms in total. The topological polar surface area (TPSA) is 81.9 Å². The summed E-state index contributed by atoms with van der Waals surface area (Å²) < 4.78 is 10.5. The number of carbonyl (C=O) groups excluding carboxylic acids is 1. The van der Waals surface area contributed by atoms with Crippen LogP contribution in [-0.4, -0.2) is 43.3 Å². The number of rotatable bonds is 4. The number of nitro groups is 1. The number of ether oxygens (including phenoxy) is 2. The van der Waals surface area contributed by atoms with Gasteiger partial charge in [-0.25, -0.2) is 4.79 Å². The number of hydrogen-bond acceptors (Lipinski definition) is 6. The van der Waals surface area contributed by atoms with Crippen LogP contribution < -0.4 is 4.90 Å². The molecule has 25 heavy (non-hydrogen) atoms. The second kappa shape index (κ2) is 7.65. The fraction of sp³-hybridized carbons (Fsp3) is 0.500. The smallest absolute Gasteiger partial charge is 0.330 e. The molecule has 0 unspecified atom stereocenters. The van der Waals surface area contributed by atoms with Gasteiger partial charge in [-0.1, -0.05) is 6.07 Å². The average Bonchev–Trinajstić information content (AvgIpc) is 2.99. The van der Waals surface area contributed by atoms with Gasteiger partial charge >= 0.3 is 5.97 Å². The van der Waals surface area contributed by atoms with Crippen molar-refractivity contribution in [2.75, 3.05) is 25.2 Å². The highest BCUT2D eigenvalue weighted by molar-refractivity contribution is 5.87. The zero-order valence-corrected chi connectivity index (χ0v) is 14.2. The molecule has 2 fully saturated rings. The molecule has 1 aromatic rings. The third-order valence-electron chi connectivity index (χ3n) is 4.81. The first-order chi connectivity index (χ1) is 12.1. The van der Waals surface area contributed by atoms with E-state index in [1.807, 2.05) is 0 Å². The number of anilines is 1. The first-order valence-electron chi connectivity index (χ1n) is 8.53. The molecule has 7 heteroatoms. The summed E-state index contributed by atoms with van der Waals surface area (Å²) in [7, 11) is 1.29. The molecule has 1 aliphatic carbocycles. The first kappa shape index (κ1) is 17.4. The lowest BCUT2D eigenvalue weighted by atomic mass is 10.1. The van der Waals surface area contributed by atoms with Gasteiger partial charge in [0.15, 0.2) is 0 Å². The summed E-state index contributed by atoms with van der Waals surface area (Å²) in [5, 5.41) is 11.6. The number of nitro benzene ring substituents is 1. The second-order valence-electron chi connectivity index (χ2n) is 6.32. The highest BCUT2D eigenvalue weighted by Gasteiger charge is 2.37. The summed E-state index contributed by atoms with van der Waals surface area (Å²) in [6.07, 6.45) is 6.87. The van der Waals surface area contributed by atoms with Gasteiger partial charge in [0.25, 0.3) is 5.69 Å². The van der Waals surface area contributed by atoms with Gasteiger partial charge in [0.05, 0.1) is 24.2 Å². The molecule has 1 aliphatic heterocycles. The molecule has 0 amide bonds. The zero-order valence-electron chi connectivity index (χ0n) is 14.2. The summed E-state index contributed by atoms with van der Waals surface area (Å²) in [4.78, 5) is 24.6. The minimum absolute atomic E-state index is 0.0552. The maximum Gasteiger partial charge on any atom is 0.330 e. The van der Waals surface area contributed by atoms with Crippen molar-refractivity contribution in [2.45, 2.75) is 37.8 Å². The third-order valence-corrected chi connectivity index (χ3v) is 4.81. The van der Waals surface area contributed by atoms with Crippen molar-refractivity contribution in [2.24, 2.45) is 0 Å². The Morgan fingerprint density at radius 2 is 2.24 bits per heavy atom. The van der Waals surface area contributed by atoms with Crippen molar-refractivity contribution >= 4 is 23.4 Å². The maximum absolute atomic E-state index is 11.6. The molecule has 0 aromatic heterocycles. The maximum atomic E-state index is 11.6. The van der Waals surface area contributed by atoms with Crippen LogP contribution in [-0.2, 0) is 14.3 Å². The van der Waals surface area contributed by atoms with Crippen molar-refractivity contribution in [3.63, 3.8) is 0 Å². The van der Waals surface area contributed by atoms with E-state index in [0.29, 0.717) is 17.9 Å². The lowest BCUT2D eigenvalue weighted by Gasteiger charge is -2.31. The Hall–Kier alpha value is -2.41. The van der Waals surface area contributed by atoms with E-state index in [9.17, 15) is 14.9 Å². The normalized spacial score (nSPS) is 23.3. The highest BCUT2D eigenvalue weighted by Crippen LogP contribution is 2.37. The Bertz CT molecular complexity index is 688. The first-order valence-corrected chi connectivity index (χ1v) is 8.53. The summed E-state index contributed by atoms with van der Waals surface area (Å²) in [6.45, 7) is 1.45. The lowest BCUT2D eigenvalue weighted by Crippen LogP contribution is -2.40. The minimum atomic E-state index is -0.495. The fourth-order valence-corrected chi connectivity index (χ4v) is 3.66. The molecule has 3 rings (SSSR count). The van der Waals surface area contributed by atoms with Crippen molar-refractivity contribution < 1.29 is 19.2 Å². The second-order valence-corrected chi connectivity index (χ2v) is 6.32. The molecule has 0 spiro atoms. The number of nitrogens with zero attached hydrogens (tertiary/aromatic N) is 2. The van der Waals surface area contributed by atoms with Gasteiger partial charge in [-0.3, -0.25) is 10.1 Å². The van der Waals surface area contributed by atoms with Gasteiger partial charge in [-0.2, -0.15) is 0 Å². The number of methoxy groups -OCH3 is 1. The van der Waals surface area contributed by atoms with Crippen LogP contribution in [0.1, 0.15) is 31.2 Å². The highest BCUT2D eigenvalue weighted by atomic mass is 16.6. The van der Waals surface area contributed by atoms with E-state index in [-0.39, 0.29) is 22.8 Å². The van der Waals surface area contributed by atoms with E-state index in [4.69, 9.17) is 4.74 Å². The lowest BCUT2D eigenvalue weighted by molar-refractivity contribution is -0.384. The number of benzene rings is 1. The van der Waals surface area contributed by atoms with E-state index in [2.05, 4.69) is 9.64 Å². The van der Waals surface area contributed by atoms with Gasteiger partial charge in [0.2, 0.25) is 0 Å². The predicted molar refractivity (Wildman–Crippen MR) is 93.5 cm³/mol. The summed E-state index contributed by atoms with van der Waals surface area (Å²) in [6, 6.07) is 5.26. The van der Waals surface area contributed by atoms with Crippen LogP contribution in [0.2, 0.25) is 0 Å². The van der Waals surface area contributed by atoms with E-state index < -0.39 is 5.97 Å². The van der Waals surface area contributed by atoms with Crippen LogP contribution in [0.4, 0.5) is 11.4 Å². The van der Waals surface area contributed by atoms with Gasteiger partial charge < -0.3 is 14.4 Å². The van der Waals surface area contributed by atoms with E-state index in [1.165, 1.54) is 25.3 Å². The Morgan fingerprint density at radius 3 is 3.00 bits per heavy atom.